The van der Waals surface area contributed by atoms with Gasteiger partial charge in [-0.3, -0.25) is 9.69 Å². The van der Waals surface area contributed by atoms with Crippen LogP contribution in [0.25, 0.3) is 0 Å². The fourth-order valence-corrected chi connectivity index (χ4v) is 4.56. The van der Waals surface area contributed by atoms with Crippen molar-refractivity contribution in [2.45, 2.75) is 25.8 Å². The Labute approximate surface area is 166 Å². The minimum absolute atomic E-state index is 0.171. The molecule has 4 rings (SSSR count). The molecule has 1 unspecified atom stereocenters. The molecule has 150 valence electrons. The SMILES string of the molecule is CCCN1CCC(N2CCN(c3ccc(F)cc3)CC2)c2cn(C)cc2C1=O. The van der Waals surface area contributed by atoms with Gasteiger partial charge in [-0.1, -0.05) is 6.92 Å². The van der Waals surface area contributed by atoms with Crippen molar-refractivity contribution in [2.75, 3.05) is 44.2 Å². The van der Waals surface area contributed by atoms with Crippen LogP contribution in [0.1, 0.15) is 41.7 Å². The molecule has 0 saturated carbocycles. The molecule has 0 spiro atoms. The maximum atomic E-state index is 13.2. The van der Waals surface area contributed by atoms with E-state index in [0.29, 0.717) is 0 Å². The molecule has 2 aliphatic rings. The topological polar surface area (TPSA) is 31.7 Å². The summed E-state index contributed by atoms with van der Waals surface area (Å²) in [4.78, 5) is 19.8. The summed E-state index contributed by atoms with van der Waals surface area (Å²) >= 11 is 0. The Morgan fingerprint density at radius 2 is 1.75 bits per heavy atom. The number of aryl methyl sites for hydroxylation is 1. The second-order valence-electron chi connectivity index (χ2n) is 7.89. The Morgan fingerprint density at radius 1 is 1.04 bits per heavy atom. The normalized spacial score (nSPS) is 21.0. The largest absolute Gasteiger partial charge is 0.369 e. The molecule has 3 heterocycles. The highest BCUT2D eigenvalue weighted by atomic mass is 19.1. The van der Waals surface area contributed by atoms with E-state index in [-0.39, 0.29) is 17.8 Å². The first-order chi connectivity index (χ1) is 13.6. The number of halogens is 1. The molecule has 1 atom stereocenters. The van der Waals surface area contributed by atoms with Crippen LogP contribution in [-0.4, -0.2) is 59.5 Å². The summed E-state index contributed by atoms with van der Waals surface area (Å²) in [5.41, 5.74) is 3.10. The Balaban J connectivity index is 1.50. The fraction of sp³-hybridized carbons (Fsp3) is 0.500. The third-order valence-corrected chi connectivity index (χ3v) is 5.98. The van der Waals surface area contributed by atoms with Crippen molar-refractivity contribution in [3.63, 3.8) is 0 Å². The Bertz CT molecular complexity index is 824. The van der Waals surface area contributed by atoms with E-state index in [0.717, 1.165) is 63.4 Å². The average molecular weight is 384 g/mol. The van der Waals surface area contributed by atoms with Gasteiger partial charge in [-0.05, 0) is 42.7 Å². The van der Waals surface area contributed by atoms with Gasteiger partial charge in [0.05, 0.1) is 5.56 Å². The monoisotopic (exact) mass is 384 g/mol. The number of piperazine rings is 1. The molecule has 28 heavy (non-hydrogen) atoms. The zero-order valence-corrected chi connectivity index (χ0v) is 16.8. The summed E-state index contributed by atoms with van der Waals surface area (Å²) in [5, 5.41) is 0. The van der Waals surface area contributed by atoms with E-state index in [9.17, 15) is 9.18 Å². The van der Waals surface area contributed by atoms with E-state index in [4.69, 9.17) is 0 Å². The molecular weight excluding hydrogens is 355 g/mol. The van der Waals surface area contributed by atoms with Gasteiger partial charge in [0, 0.05) is 70.4 Å². The van der Waals surface area contributed by atoms with Crippen LogP contribution in [0.4, 0.5) is 10.1 Å². The number of carbonyl (C=O) groups is 1. The lowest BCUT2D eigenvalue weighted by molar-refractivity contribution is 0.0751. The van der Waals surface area contributed by atoms with Crippen LogP contribution in [0.15, 0.2) is 36.7 Å². The lowest BCUT2D eigenvalue weighted by Crippen LogP contribution is -2.48. The summed E-state index contributed by atoms with van der Waals surface area (Å²) in [6.45, 7) is 7.47. The first kappa shape index (κ1) is 19.0. The average Bonchev–Trinajstić information content (AvgIpc) is 3.04. The van der Waals surface area contributed by atoms with Crippen molar-refractivity contribution in [3.05, 3.63) is 53.6 Å². The second-order valence-corrected chi connectivity index (χ2v) is 7.89. The highest BCUT2D eigenvalue weighted by Gasteiger charge is 2.33. The zero-order chi connectivity index (χ0) is 19.7. The van der Waals surface area contributed by atoms with Gasteiger partial charge in [0.2, 0.25) is 0 Å². The van der Waals surface area contributed by atoms with Gasteiger partial charge in [0.15, 0.2) is 0 Å². The van der Waals surface area contributed by atoms with Crippen LogP contribution in [0.2, 0.25) is 0 Å². The second kappa shape index (κ2) is 7.95. The van der Waals surface area contributed by atoms with Crippen LogP contribution < -0.4 is 4.90 Å². The number of nitrogens with zero attached hydrogens (tertiary/aromatic N) is 4. The van der Waals surface area contributed by atoms with Crippen molar-refractivity contribution in [1.82, 2.24) is 14.4 Å². The van der Waals surface area contributed by atoms with E-state index in [1.165, 1.54) is 17.7 Å². The van der Waals surface area contributed by atoms with Gasteiger partial charge in [-0.25, -0.2) is 4.39 Å². The first-order valence-corrected chi connectivity index (χ1v) is 10.3. The molecule has 0 bridgehead atoms. The molecule has 1 saturated heterocycles. The highest BCUT2D eigenvalue weighted by molar-refractivity contribution is 5.96. The van der Waals surface area contributed by atoms with Gasteiger partial charge in [0.1, 0.15) is 5.82 Å². The quantitative estimate of drug-likeness (QED) is 0.811. The highest BCUT2D eigenvalue weighted by Crippen LogP contribution is 2.33. The van der Waals surface area contributed by atoms with Gasteiger partial charge in [-0.15, -0.1) is 0 Å². The van der Waals surface area contributed by atoms with Gasteiger partial charge < -0.3 is 14.4 Å². The molecule has 2 aromatic rings. The third-order valence-electron chi connectivity index (χ3n) is 5.98. The summed E-state index contributed by atoms with van der Waals surface area (Å²) in [7, 11) is 2.00. The molecule has 1 aromatic heterocycles. The van der Waals surface area contributed by atoms with Crippen molar-refractivity contribution >= 4 is 11.6 Å². The summed E-state index contributed by atoms with van der Waals surface area (Å²) < 4.78 is 15.2. The molecule has 0 radical (unpaired) electrons. The number of hydrogen-bond acceptors (Lipinski definition) is 3. The predicted octanol–water partition coefficient (Wildman–Crippen LogP) is 3.28. The molecule has 0 aliphatic carbocycles. The summed E-state index contributed by atoms with van der Waals surface area (Å²) in [6.07, 6.45) is 6.06. The van der Waals surface area contributed by atoms with Crippen LogP contribution in [0, 0.1) is 5.82 Å². The predicted molar refractivity (Wildman–Crippen MR) is 109 cm³/mol. The molecule has 1 aromatic carbocycles. The van der Waals surface area contributed by atoms with E-state index in [1.54, 1.807) is 0 Å². The smallest absolute Gasteiger partial charge is 0.255 e. The van der Waals surface area contributed by atoms with Crippen LogP contribution in [-0.2, 0) is 7.05 Å². The molecule has 6 heteroatoms. The van der Waals surface area contributed by atoms with E-state index in [1.807, 2.05) is 34.8 Å². The maximum Gasteiger partial charge on any atom is 0.255 e. The number of benzene rings is 1. The van der Waals surface area contributed by atoms with Gasteiger partial charge in [-0.2, -0.15) is 0 Å². The lowest BCUT2D eigenvalue weighted by Gasteiger charge is -2.40. The molecule has 5 nitrogen and oxygen atoms in total. The standard InChI is InChI=1S/C22H29FN4O/c1-3-9-27-10-8-21(19-15-24(2)16-20(19)22(27)28)26-13-11-25(12-14-26)18-6-4-17(23)5-7-18/h4-7,15-16,21H,3,8-14H2,1-2H3. The van der Waals surface area contributed by atoms with Gasteiger partial charge in [0.25, 0.3) is 5.91 Å². The Morgan fingerprint density at radius 3 is 2.43 bits per heavy atom. The summed E-state index contributed by atoms with van der Waals surface area (Å²) in [5.74, 6) is -0.0244. The molecule has 2 aliphatic heterocycles. The van der Waals surface area contributed by atoms with E-state index < -0.39 is 0 Å². The number of amides is 1. The van der Waals surface area contributed by atoms with Crippen molar-refractivity contribution < 1.29 is 9.18 Å². The molecule has 1 fully saturated rings. The number of fused-ring (bicyclic) bond motifs is 1. The van der Waals surface area contributed by atoms with Crippen molar-refractivity contribution in [3.8, 4) is 0 Å². The van der Waals surface area contributed by atoms with Gasteiger partial charge >= 0.3 is 0 Å². The minimum Gasteiger partial charge on any atom is -0.369 e. The number of rotatable bonds is 4. The van der Waals surface area contributed by atoms with Crippen LogP contribution in [0.5, 0.6) is 0 Å². The number of carbonyl (C=O) groups excluding carboxylic acids is 1. The van der Waals surface area contributed by atoms with Crippen LogP contribution in [0.3, 0.4) is 0 Å². The molecule has 0 N–H and O–H groups in total. The number of aromatic nitrogens is 1. The molecule has 1 amide bonds. The fourth-order valence-electron chi connectivity index (χ4n) is 4.56. The van der Waals surface area contributed by atoms with E-state index in [2.05, 4.69) is 22.9 Å². The van der Waals surface area contributed by atoms with Crippen molar-refractivity contribution in [2.24, 2.45) is 7.05 Å². The Hall–Kier alpha value is -2.34. The lowest BCUT2D eigenvalue weighted by atomic mass is 10.0. The zero-order valence-electron chi connectivity index (χ0n) is 16.8. The summed E-state index contributed by atoms with van der Waals surface area (Å²) in [6, 6.07) is 7.03. The maximum absolute atomic E-state index is 13.2. The molecular formula is C22H29FN4O. The number of anilines is 1. The number of hydrogen-bond donors (Lipinski definition) is 0. The van der Waals surface area contributed by atoms with Crippen LogP contribution >= 0.6 is 0 Å². The Kier molecular flexibility index (Phi) is 5.40. The van der Waals surface area contributed by atoms with Crippen molar-refractivity contribution in [1.29, 1.82) is 0 Å². The minimum atomic E-state index is -0.196. The van der Waals surface area contributed by atoms with E-state index >= 15 is 0 Å². The third kappa shape index (κ3) is 3.65. The first-order valence-electron chi connectivity index (χ1n) is 10.3.